The summed E-state index contributed by atoms with van der Waals surface area (Å²) in [5.41, 5.74) is 2.45. The van der Waals surface area contributed by atoms with Crippen molar-refractivity contribution in [1.82, 2.24) is 5.32 Å². The molecule has 0 radical (unpaired) electrons. The van der Waals surface area contributed by atoms with Gasteiger partial charge >= 0.3 is 5.97 Å². The first kappa shape index (κ1) is 31.7. The number of rotatable bonds is 13. The predicted octanol–water partition coefficient (Wildman–Crippen LogP) is 6.84. The van der Waals surface area contributed by atoms with Crippen molar-refractivity contribution in [2.24, 2.45) is 0 Å². The van der Waals surface area contributed by atoms with Gasteiger partial charge in [-0.1, -0.05) is 58.6 Å². The molecule has 0 aliphatic heterocycles. The number of halogens is 1. The topological polar surface area (TPSA) is 75.6 Å². The summed E-state index contributed by atoms with van der Waals surface area (Å²) in [5, 5.41) is 11.5. The minimum Gasteiger partial charge on any atom is -0.496 e. The summed E-state index contributed by atoms with van der Waals surface area (Å²) < 4.78 is 5.39. The summed E-state index contributed by atoms with van der Waals surface area (Å²) in [6, 6.07) is 0. The number of carboxylic acids is 1. The fourth-order valence-corrected chi connectivity index (χ4v) is 3.11. The zero-order valence-corrected chi connectivity index (χ0v) is 21.4. The van der Waals surface area contributed by atoms with E-state index in [0.717, 1.165) is 11.1 Å². The number of aliphatic carboxylic acids is 1. The minimum atomic E-state index is -1.10. The van der Waals surface area contributed by atoms with E-state index in [0.29, 0.717) is 37.1 Å². The van der Waals surface area contributed by atoms with E-state index in [4.69, 9.17) is 16.3 Å². The Morgan fingerprint density at radius 1 is 1.22 bits per heavy atom. The molecule has 0 aliphatic rings. The monoisotopic (exact) mass is 465 g/mol. The van der Waals surface area contributed by atoms with Crippen molar-refractivity contribution in [2.75, 3.05) is 7.11 Å². The number of allylic oxidation sites excluding steroid dienone is 7. The highest BCUT2D eigenvalue weighted by molar-refractivity contribution is 6.22. The number of ether oxygens (including phenoxy) is 1. The minimum absolute atomic E-state index is 0.0427. The Balaban J connectivity index is 0. The molecule has 1 amide bonds. The van der Waals surface area contributed by atoms with Crippen LogP contribution in [0.1, 0.15) is 67.2 Å². The van der Waals surface area contributed by atoms with E-state index in [1.807, 2.05) is 39.8 Å². The summed E-state index contributed by atoms with van der Waals surface area (Å²) in [6.45, 7) is 18.9. The lowest BCUT2D eigenvalue weighted by Gasteiger charge is -2.18. The van der Waals surface area contributed by atoms with Gasteiger partial charge in [-0.15, -0.1) is 11.6 Å². The molecule has 1 unspecified atom stereocenters. The van der Waals surface area contributed by atoms with Crippen LogP contribution in [0, 0.1) is 0 Å². The molecule has 0 spiro atoms. The van der Waals surface area contributed by atoms with Crippen molar-refractivity contribution in [3.8, 4) is 0 Å². The van der Waals surface area contributed by atoms with Crippen LogP contribution in [0.25, 0.3) is 0 Å². The third kappa shape index (κ3) is 10.7. The SMILES string of the molecule is C=C/C(C(=C)CCC(Cl)/C(=C\C)NC(=O)/C(CCC)=C(/C)C(=O)O)=C(\C=C/C)OC.CC. The summed E-state index contributed by atoms with van der Waals surface area (Å²) >= 11 is 6.54. The molecular formula is C26H40ClNO4. The normalized spacial score (nSPS) is 13.8. The number of carboxylic acid groups (broad SMARTS) is 1. The van der Waals surface area contributed by atoms with Gasteiger partial charge in [0.25, 0.3) is 5.91 Å². The van der Waals surface area contributed by atoms with Crippen LogP contribution in [0.3, 0.4) is 0 Å². The molecule has 0 aromatic carbocycles. The van der Waals surface area contributed by atoms with Crippen molar-refractivity contribution < 1.29 is 19.4 Å². The van der Waals surface area contributed by atoms with Gasteiger partial charge in [-0.05, 0) is 51.7 Å². The molecule has 32 heavy (non-hydrogen) atoms. The number of hydrogen-bond donors (Lipinski definition) is 2. The molecule has 0 aliphatic carbocycles. The van der Waals surface area contributed by atoms with Crippen LogP contribution >= 0.6 is 11.6 Å². The van der Waals surface area contributed by atoms with E-state index in [-0.39, 0.29) is 11.1 Å². The fourth-order valence-electron chi connectivity index (χ4n) is 2.82. The number of methoxy groups -OCH3 is 1. The first-order valence-corrected chi connectivity index (χ1v) is 11.4. The molecule has 1 atom stereocenters. The second-order valence-corrected chi connectivity index (χ2v) is 7.18. The summed E-state index contributed by atoms with van der Waals surface area (Å²) in [5.74, 6) is -0.870. The van der Waals surface area contributed by atoms with Gasteiger partial charge in [0.15, 0.2) is 0 Å². The molecule has 2 N–H and O–H groups in total. The van der Waals surface area contributed by atoms with Crippen LogP contribution < -0.4 is 5.32 Å². The highest BCUT2D eigenvalue weighted by Crippen LogP contribution is 2.25. The first-order chi connectivity index (χ1) is 15.2. The Kier molecular flexibility index (Phi) is 17.9. The molecule has 0 rings (SSSR count). The third-order valence-electron chi connectivity index (χ3n) is 4.54. The quantitative estimate of drug-likeness (QED) is 0.135. The summed E-state index contributed by atoms with van der Waals surface area (Å²) in [4.78, 5) is 23.9. The lowest BCUT2D eigenvalue weighted by atomic mass is 9.99. The van der Waals surface area contributed by atoms with Gasteiger partial charge in [0.1, 0.15) is 5.76 Å². The number of carbonyl (C=O) groups is 2. The summed E-state index contributed by atoms with van der Waals surface area (Å²) in [6.07, 6.45) is 9.25. The third-order valence-corrected chi connectivity index (χ3v) is 5.00. The maximum atomic E-state index is 12.7. The maximum Gasteiger partial charge on any atom is 0.331 e. The molecule has 0 saturated carbocycles. The highest BCUT2D eigenvalue weighted by atomic mass is 35.5. The van der Waals surface area contributed by atoms with Gasteiger partial charge in [-0.25, -0.2) is 4.79 Å². The molecule has 6 heteroatoms. The van der Waals surface area contributed by atoms with Crippen LogP contribution in [-0.2, 0) is 14.3 Å². The second kappa shape index (κ2) is 18.1. The van der Waals surface area contributed by atoms with Crippen LogP contribution in [0.15, 0.2) is 71.2 Å². The van der Waals surface area contributed by atoms with Crippen molar-refractivity contribution in [1.29, 1.82) is 0 Å². The van der Waals surface area contributed by atoms with Crippen molar-refractivity contribution >= 4 is 23.5 Å². The number of alkyl halides is 1. The predicted molar refractivity (Wildman–Crippen MR) is 136 cm³/mol. The number of carbonyl (C=O) groups excluding carboxylic acids is 1. The molecule has 0 heterocycles. The average Bonchev–Trinajstić information content (AvgIpc) is 2.79. The largest absolute Gasteiger partial charge is 0.496 e. The zero-order chi connectivity index (χ0) is 25.3. The molecule has 0 fully saturated rings. The number of nitrogens with one attached hydrogen (secondary N) is 1. The van der Waals surface area contributed by atoms with E-state index >= 15 is 0 Å². The van der Waals surface area contributed by atoms with Gasteiger partial charge in [-0.2, -0.15) is 0 Å². The van der Waals surface area contributed by atoms with Gasteiger partial charge in [0, 0.05) is 22.4 Å². The Hall–Kier alpha value is -2.53. The van der Waals surface area contributed by atoms with E-state index < -0.39 is 17.3 Å². The zero-order valence-electron chi connectivity index (χ0n) is 20.7. The van der Waals surface area contributed by atoms with Gasteiger partial charge in [0.05, 0.1) is 12.5 Å². The molecule has 0 aromatic rings. The fraction of sp³-hybridized carbons (Fsp3) is 0.462. The first-order valence-electron chi connectivity index (χ1n) is 10.9. The average molecular weight is 466 g/mol. The lowest BCUT2D eigenvalue weighted by molar-refractivity contribution is -0.133. The van der Waals surface area contributed by atoms with Crippen molar-refractivity contribution in [3.05, 3.63) is 71.2 Å². The van der Waals surface area contributed by atoms with Crippen molar-refractivity contribution in [3.63, 3.8) is 0 Å². The van der Waals surface area contributed by atoms with Crippen LogP contribution in [0.2, 0.25) is 0 Å². The Morgan fingerprint density at radius 3 is 2.22 bits per heavy atom. The van der Waals surface area contributed by atoms with E-state index in [9.17, 15) is 14.7 Å². The number of hydrogen-bond acceptors (Lipinski definition) is 3. The Labute approximate surface area is 199 Å². The maximum absolute atomic E-state index is 12.7. The van der Waals surface area contributed by atoms with Gasteiger partial charge in [-0.3, -0.25) is 4.79 Å². The van der Waals surface area contributed by atoms with Crippen LogP contribution in [0.4, 0.5) is 0 Å². The van der Waals surface area contributed by atoms with Crippen molar-refractivity contribution in [2.45, 2.75) is 72.6 Å². The molecule has 0 saturated heterocycles. The van der Waals surface area contributed by atoms with Gasteiger partial charge < -0.3 is 15.2 Å². The standard InChI is InChI=1S/C24H34ClNO4.C2H6/c1-8-12-19(17(6)24(28)29)23(27)26-21(11-4)20(25)15-14-16(5)18(10-3)22(30-7)13-9-2;1-2/h9-11,13,20H,3,5,8,12,14-15H2,1-2,4,6-7H3,(H,26,27)(H,28,29);1-2H3/b13-9-,19-17-,21-11+,22-18-;. The highest BCUT2D eigenvalue weighted by Gasteiger charge is 2.20. The molecule has 0 bridgehead atoms. The Morgan fingerprint density at radius 2 is 1.81 bits per heavy atom. The van der Waals surface area contributed by atoms with Gasteiger partial charge in [0.2, 0.25) is 0 Å². The molecule has 180 valence electrons. The smallest absolute Gasteiger partial charge is 0.331 e. The molecule has 5 nitrogen and oxygen atoms in total. The van der Waals surface area contributed by atoms with Crippen LogP contribution in [-0.4, -0.2) is 29.5 Å². The van der Waals surface area contributed by atoms with E-state index in [2.05, 4.69) is 18.5 Å². The molecule has 0 aromatic heterocycles. The van der Waals surface area contributed by atoms with E-state index in [1.165, 1.54) is 6.92 Å². The summed E-state index contributed by atoms with van der Waals surface area (Å²) in [7, 11) is 1.59. The van der Waals surface area contributed by atoms with E-state index in [1.54, 1.807) is 26.2 Å². The Bertz CT molecular complexity index is 773. The second-order valence-electron chi connectivity index (χ2n) is 6.65. The molecular weight excluding hydrogens is 426 g/mol. The number of amides is 1. The van der Waals surface area contributed by atoms with Crippen LogP contribution in [0.5, 0.6) is 0 Å². The lowest BCUT2D eigenvalue weighted by Crippen LogP contribution is -2.30.